The summed E-state index contributed by atoms with van der Waals surface area (Å²) < 4.78 is 33.7. The number of esters is 2. The second-order valence-corrected chi connectivity index (χ2v) is 16.7. The Bertz CT molecular complexity index is 1550. The molecule has 0 bridgehead atoms. The van der Waals surface area contributed by atoms with Gasteiger partial charge < -0.3 is 27.9 Å². The molecular formula is C52H80NO8P. The quantitative estimate of drug-likeness (QED) is 0.0261. The number of allylic oxidation sites excluding steroid dienone is 24. The van der Waals surface area contributed by atoms with Crippen LogP contribution >= 0.6 is 7.82 Å². The minimum absolute atomic E-state index is 0.0652. The van der Waals surface area contributed by atoms with Crippen molar-refractivity contribution in [3.8, 4) is 0 Å². The second-order valence-electron chi connectivity index (χ2n) is 15.3. The maximum Gasteiger partial charge on any atom is 0.306 e. The molecule has 346 valence electrons. The molecule has 10 heteroatoms. The number of carbonyl (C=O) groups is 2. The fraction of sp³-hybridized carbons (Fsp3) is 0.500. The molecular weight excluding hydrogens is 798 g/mol. The van der Waals surface area contributed by atoms with Crippen molar-refractivity contribution < 1.29 is 42.1 Å². The first-order chi connectivity index (χ1) is 30.0. The lowest BCUT2D eigenvalue weighted by molar-refractivity contribution is -0.870. The summed E-state index contributed by atoms with van der Waals surface area (Å²) in [5, 5.41) is 0. The molecule has 2 unspecified atom stereocenters. The van der Waals surface area contributed by atoms with Gasteiger partial charge >= 0.3 is 11.9 Å². The molecule has 0 aliphatic carbocycles. The van der Waals surface area contributed by atoms with Gasteiger partial charge in [0.2, 0.25) is 0 Å². The normalized spacial score (nSPS) is 14.9. The summed E-state index contributed by atoms with van der Waals surface area (Å²) in [6.07, 6.45) is 62.0. The van der Waals surface area contributed by atoms with Crippen LogP contribution in [0.4, 0.5) is 0 Å². The number of hydrogen-bond acceptors (Lipinski definition) is 8. The van der Waals surface area contributed by atoms with Crippen LogP contribution in [-0.4, -0.2) is 70.0 Å². The zero-order valence-electron chi connectivity index (χ0n) is 38.7. The Morgan fingerprint density at radius 2 is 0.806 bits per heavy atom. The predicted octanol–water partition coefficient (Wildman–Crippen LogP) is 12.6. The minimum atomic E-state index is -4.68. The molecule has 9 nitrogen and oxygen atoms in total. The fourth-order valence-electron chi connectivity index (χ4n) is 4.94. The molecule has 0 aliphatic rings. The highest BCUT2D eigenvalue weighted by Crippen LogP contribution is 2.38. The highest BCUT2D eigenvalue weighted by atomic mass is 31.2. The van der Waals surface area contributed by atoms with E-state index in [2.05, 4.69) is 135 Å². The van der Waals surface area contributed by atoms with E-state index >= 15 is 0 Å². The third-order valence-corrected chi connectivity index (χ3v) is 9.35. The molecule has 0 fully saturated rings. The van der Waals surface area contributed by atoms with Crippen molar-refractivity contribution in [1.82, 2.24) is 0 Å². The van der Waals surface area contributed by atoms with Crippen LogP contribution in [0.15, 0.2) is 146 Å². The molecule has 0 amide bonds. The third-order valence-electron chi connectivity index (χ3n) is 8.38. The summed E-state index contributed by atoms with van der Waals surface area (Å²) in [5.74, 6) is -1.05. The SMILES string of the molecule is CCC=CCC=CCC=CCC=CCC=CCC=CCCC(=O)OCC(COP(=O)([O-])OCC[N+](C)(C)C)OC(=O)CCC=CCC=CCC=CCC=CCC=CCC=CCC. The van der Waals surface area contributed by atoms with Gasteiger partial charge in [-0.1, -0.05) is 160 Å². The smallest absolute Gasteiger partial charge is 0.306 e. The molecule has 62 heavy (non-hydrogen) atoms. The fourth-order valence-corrected chi connectivity index (χ4v) is 5.67. The van der Waals surface area contributed by atoms with Crippen LogP contribution in [0.2, 0.25) is 0 Å². The van der Waals surface area contributed by atoms with Crippen molar-refractivity contribution in [2.45, 2.75) is 123 Å². The topological polar surface area (TPSA) is 111 Å². The van der Waals surface area contributed by atoms with E-state index in [9.17, 15) is 19.0 Å². The first-order valence-corrected chi connectivity index (χ1v) is 24.0. The average Bonchev–Trinajstić information content (AvgIpc) is 3.23. The molecule has 0 aliphatic heterocycles. The van der Waals surface area contributed by atoms with Gasteiger partial charge in [0.25, 0.3) is 7.82 Å². The Hall–Kier alpha value is -4.11. The molecule has 0 radical (unpaired) electrons. The Morgan fingerprint density at radius 1 is 0.484 bits per heavy atom. The molecule has 0 rings (SSSR count). The molecule has 0 spiro atoms. The van der Waals surface area contributed by atoms with E-state index in [-0.39, 0.29) is 26.1 Å². The Morgan fingerprint density at radius 3 is 1.15 bits per heavy atom. The van der Waals surface area contributed by atoms with Crippen molar-refractivity contribution in [2.75, 3.05) is 47.5 Å². The van der Waals surface area contributed by atoms with Gasteiger partial charge in [-0.25, -0.2) is 0 Å². The Balaban J connectivity index is 4.63. The number of likely N-dealkylation sites (N-methyl/N-ethyl adjacent to an activating group) is 1. The summed E-state index contributed by atoms with van der Waals surface area (Å²) in [4.78, 5) is 37.5. The van der Waals surface area contributed by atoms with Crippen LogP contribution in [-0.2, 0) is 32.7 Å². The maximum atomic E-state index is 12.7. The number of quaternary nitrogens is 1. The van der Waals surface area contributed by atoms with Gasteiger partial charge in [0.05, 0.1) is 27.7 Å². The number of phosphoric ester groups is 1. The number of hydrogen-bond donors (Lipinski definition) is 0. The van der Waals surface area contributed by atoms with Crippen LogP contribution in [0.5, 0.6) is 0 Å². The van der Waals surface area contributed by atoms with Crippen LogP contribution in [0.3, 0.4) is 0 Å². The molecule has 0 aromatic carbocycles. The van der Waals surface area contributed by atoms with E-state index in [1.165, 1.54) is 0 Å². The lowest BCUT2D eigenvalue weighted by Gasteiger charge is -2.28. The lowest BCUT2D eigenvalue weighted by atomic mass is 10.2. The van der Waals surface area contributed by atoms with Crippen LogP contribution in [0.25, 0.3) is 0 Å². The van der Waals surface area contributed by atoms with Crippen LogP contribution < -0.4 is 4.89 Å². The van der Waals surface area contributed by atoms with Gasteiger partial charge in [0, 0.05) is 12.8 Å². The third kappa shape index (κ3) is 45.4. The first-order valence-electron chi connectivity index (χ1n) is 22.5. The summed E-state index contributed by atoms with van der Waals surface area (Å²) in [6.45, 7) is 3.78. The van der Waals surface area contributed by atoms with E-state index in [1.54, 1.807) is 0 Å². The zero-order chi connectivity index (χ0) is 45.7. The summed E-state index contributed by atoms with van der Waals surface area (Å²) in [6, 6.07) is 0. The molecule has 0 saturated carbocycles. The monoisotopic (exact) mass is 878 g/mol. The lowest BCUT2D eigenvalue weighted by Crippen LogP contribution is -2.37. The number of phosphoric acid groups is 1. The maximum absolute atomic E-state index is 12.7. The highest BCUT2D eigenvalue weighted by Gasteiger charge is 2.21. The summed E-state index contributed by atoms with van der Waals surface area (Å²) in [7, 11) is 1.05. The van der Waals surface area contributed by atoms with Gasteiger partial charge in [0.1, 0.15) is 19.8 Å². The van der Waals surface area contributed by atoms with Gasteiger partial charge in [0.15, 0.2) is 6.10 Å². The Kier molecular flexibility index (Phi) is 39.4. The molecule has 0 heterocycles. The summed E-state index contributed by atoms with van der Waals surface area (Å²) in [5.41, 5.74) is 0. The van der Waals surface area contributed by atoms with E-state index in [1.807, 2.05) is 45.4 Å². The summed E-state index contributed by atoms with van der Waals surface area (Å²) >= 11 is 0. The molecule has 0 N–H and O–H groups in total. The average molecular weight is 878 g/mol. The first kappa shape index (κ1) is 57.9. The van der Waals surface area contributed by atoms with Crippen molar-refractivity contribution in [2.24, 2.45) is 0 Å². The van der Waals surface area contributed by atoms with E-state index < -0.39 is 32.5 Å². The van der Waals surface area contributed by atoms with Crippen LogP contribution in [0, 0.1) is 0 Å². The largest absolute Gasteiger partial charge is 0.756 e. The number of nitrogens with zero attached hydrogens (tertiary/aromatic N) is 1. The van der Waals surface area contributed by atoms with E-state index in [0.717, 1.165) is 77.0 Å². The zero-order valence-corrected chi connectivity index (χ0v) is 39.6. The predicted molar refractivity (Wildman–Crippen MR) is 258 cm³/mol. The minimum Gasteiger partial charge on any atom is -0.756 e. The van der Waals surface area contributed by atoms with Gasteiger partial charge in [-0.2, -0.15) is 0 Å². The van der Waals surface area contributed by atoms with Gasteiger partial charge in [-0.15, -0.1) is 0 Å². The van der Waals surface area contributed by atoms with E-state index in [4.69, 9.17) is 18.5 Å². The Labute approximate surface area is 376 Å². The van der Waals surface area contributed by atoms with Crippen molar-refractivity contribution in [3.05, 3.63) is 146 Å². The molecule has 0 saturated heterocycles. The van der Waals surface area contributed by atoms with E-state index in [0.29, 0.717) is 23.9 Å². The second kappa shape index (κ2) is 42.2. The van der Waals surface area contributed by atoms with Crippen molar-refractivity contribution in [3.63, 3.8) is 0 Å². The number of rotatable bonds is 38. The number of ether oxygens (including phenoxy) is 2. The molecule has 2 atom stereocenters. The highest BCUT2D eigenvalue weighted by molar-refractivity contribution is 7.45. The van der Waals surface area contributed by atoms with Gasteiger partial charge in [-0.05, 0) is 89.9 Å². The number of carbonyl (C=O) groups excluding carboxylic acids is 2. The van der Waals surface area contributed by atoms with Crippen LogP contribution in [0.1, 0.15) is 117 Å². The van der Waals surface area contributed by atoms with Crippen molar-refractivity contribution in [1.29, 1.82) is 0 Å². The molecule has 0 aromatic rings. The van der Waals surface area contributed by atoms with Crippen molar-refractivity contribution >= 4 is 19.8 Å². The standard InChI is InChI=1S/C52H80NO8P/c1-6-8-10-12-14-16-18-20-22-24-26-28-30-32-34-36-38-40-42-44-51(54)58-48-50(49-60-62(56,57)59-47-46-53(3,4)5)61-52(55)45-43-41-39-37-35-33-31-29-27-25-23-21-19-17-15-13-11-9-7-2/h8-11,14-17,20-23,26-29,32-35,38-41,50H,6-7,12-13,18-19,24-25,30-31,36-37,42-49H2,1-5H3. The molecule has 0 aromatic heterocycles. The van der Waals surface area contributed by atoms with Gasteiger partial charge in [-0.3, -0.25) is 14.2 Å².